The Bertz CT molecular complexity index is 1000. The van der Waals surface area contributed by atoms with E-state index in [0.717, 1.165) is 36.3 Å². The molecule has 4 heterocycles. The van der Waals surface area contributed by atoms with Gasteiger partial charge in [0.05, 0.1) is 23.4 Å². The SMILES string of the molecule is O=C1N(CC2CCCO2)c2c(Cl)cccc2C12COc1cc3c(cc12)OCO3. The second-order valence-electron chi connectivity index (χ2n) is 7.58. The highest BCUT2D eigenvalue weighted by Crippen LogP contribution is 2.56. The van der Waals surface area contributed by atoms with Crippen molar-refractivity contribution in [1.29, 1.82) is 0 Å². The van der Waals surface area contributed by atoms with Gasteiger partial charge in [-0.3, -0.25) is 4.79 Å². The van der Waals surface area contributed by atoms with Crippen molar-refractivity contribution in [1.82, 2.24) is 0 Å². The topological polar surface area (TPSA) is 57.2 Å². The molecule has 0 aromatic heterocycles. The first kappa shape index (κ1) is 16.5. The van der Waals surface area contributed by atoms with Crippen molar-refractivity contribution in [3.05, 3.63) is 46.5 Å². The van der Waals surface area contributed by atoms with E-state index in [0.29, 0.717) is 28.8 Å². The lowest BCUT2D eigenvalue weighted by Gasteiger charge is -2.25. The fourth-order valence-electron chi connectivity index (χ4n) is 4.79. The van der Waals surface area contributed by atoms with Crippen LogP contribution in [-0.4, -0.2) is 38.6 Å². The van der Waals surface area contributed by atoms with Gasteiger partial charge in [0.1, 0.15) is 17.8 Å². The molecule has 1 spiro atoms. The van der Waals surface area contributed by atoms with Crippen LogP contribution >= 0.6 is 11.6 Å². The number of rotatable bonds is 2. The Morgan fingerprint density at radius 3 is 2.79 bits per heavy atom. The normalized spacial score (nSPS) is 26.7. The number of carbonyl (C=O) groups is 1. The lowest BCUT2D eigenvalue weighted by atomic mass is 9.77. The second-order valence-corrected chi connectivity index (χ2v) is 7.99. The second kappa shape index (κ2) is 5.78. The van der Waals surface area contributed by atoms with Gasteiger partial charge in [-0.25, -0.2) is 0 Å². The zero-order chi connectivity index (χ0) is 18.9. The highest BCUT2D eigenvalue weighted by atomic mass is 35.5. The van der Waals surface area contributed by atoms with Crippen LogP contribution in [0.25, 0.3) is 0 Å². The number of amides is 1. The molecular weight excluding hydrogens is 382 g/mol. The van der Waals surface area contributed by atoms with Crippen molar-refractivity contribution in [2.75, 3.05) is 31.5 Å². The highest BCUT2D eigenvalue weighted by Gasteiger charge is 2.58. The maximum Gasteiger partial charge on any atom is 0.245 e. The van der Waals surface area contributed by atoms with Crippen molar-refractivity contribution >= 4 is 23.2 Å². The molecule has 0 saturated carbocycles. The maximum atomic E-state index is 13.8. The van der Waals surface area contributed by atoms with E-state index in [4.69, 9.17) is 30.5 Å². The number of anilines is 1. The summed E-state index contributed by atoms with van der Waals surface area (Å²) < 4.78 is 22.8. The Hall–Kier alpha value is -2.44. The third-order valence-electron chi connectivity index (χ3n) is 6.12. The molecule has 144 valence electrons. The standard InChI is InChI=1S/C21H18ClNO5/c22-15-5-1-4-13-19(15)23(9-12-3-2-6-25-12)20(24)21(13)10-26-16-8-18-17(7-14(16)21)27-11-28-18/h1,4-5,7-8,12H,2-3,6,9-11H2. The molecule has 2 unspecified atom stereocenters. The zero-order valence-electron chi connectivity index (χ0n) is 15.1. The molecule has 4 aliphatic rings. The van der Waals surface area contributed by atoms with Gasteiger partial charge in [-0.1, -0.05) is 23.7 Å². The van der Waals surface area contributed by atoms with Gasteiger partial charge in [-0.05, 0) is 25.0 Å². The molecule has 1 saturated heterocycles. The number of carbonyl (C=O) groups excluding carboxylic acids is 1. The lowest BCUT2D eigenvalue weighted by molar-refractivity contribution is -0.122. The summed E-state index contributed by atoms with van der Waals surface area (Å²) in [6, 6.07) is 9.37. The molecule has 2 aromatic rings. The van der Waals surface area contributed by atoms with Gasteiger partial charge in [0.25, 0.3) is 0 Å². The molecule has 7 heteroatoms. The Morgan fingerprint density at radius 2 is 1.96 bits per heavy atom. The average Bonchev–Trinajstić information content (AvgIpc) is 3.46. The van der Waals surface area contributed by atoms with Crippen LogP contribution in [0.1, 0.15) is 24.0 Å². The predicted octanol–water partition coefficient (Wildman–Crippen LogP) is 3.27. The number of hydrogen-bond donors (Lipinski definition) is 0. The zero-order valence-corrected chi connectivity index (χ0v) is 15.8. The number of halogens is 1. The van der Waals surface area contributed by atoms with Gasteiger partial charge in [-0.2, -0.15) is 0 Å². The van der Waals surface area contributed by atoms with E-state index in [1.807, 2.05) is 30.3 Å². The van der Waals surface area contributed by atoms with Gasteiger partial charge < -0.3 is 23.8 Å². The number of benzene rings is 2. The summed E-state index contributed by atoms with van der Waals surface area (Å²) in [5, 5.41) is 0.565. The number of fused-ring (bicyclic) bond motifs is 5. The Kier molecular flexibility index (Phi) is 3.41. The molecule has 4 aliphatic heterocycles. The summed E-state index contributed by atoms with van der Waals surface area (Å²) in [6.45, 7) is 1.64. The van der Waals surface area contributed by atoms with Crippen LogP contribution in [0, 0.1) is 0 Å². The predicted molar refractivity (Wildman–Crippen MR) is 102 cm³/mol. The summed E-state index contributed by atoms with van der Waals surface area (Å²) in [7, 11) is 0. The monoisotopic (exact) mass is 399 g/mol. The first-order valence-electron chi connectivity index (χ1n) is 9.48. The van der Waals surface area contributed by atoms with Crippen molar-refractivity contribution in [3.8, 4) is 17.2 Å². The van der Waals surface area contributed by atoms with Crippen LogP contribution in [0.5, 0.6) is 17.2 Å². The first-order chi connectivity index (χ1) is 13.7. The van der Waals surface area contributed by atoms with Crippen LogP contribution in [0.15, 0.2) is 30.3 Å². The van der Waals surface area contributed by atoms with Crippen molar-refractivity contribution in [3.63, 3.8) is 0 Å². The molecule has 28 heavy (non-hydrogen) atoms. The smallest absolute Gasteiger partial charge is 0.245 e. The maximum absolute atomic E-state index is 13.8. The molecule has 6 rings (SSSR count). The molecule has 1 amide bonds. The summed E-state index contributed by atoms with van der Waals surface area (Å²) >= 11 is 6.58. The van der Waals surface area contributed by atoms with E-state index in [1.165, 1.54) is 0 Å². The summed E-state index contributed by atoms with van der Waals surface area (Å²) in [4.78, 5) is 15.6. The van der Waals surface area contributed by atoms with E-state index in [9.17, 15) is 4.79 Å². The molecule has 0 radical (unpaired) electrons. The van der Waals surface area contributed by atoms with E-state index in [2.05, 4.69) is 0 Å². The van der Waals surface area contributed by atoms with Crippen molar-refractivity contribution in [2.45, 2.75) is 24.4 Å². The van der Waals surface area contributed by atoms with Gasteiger partial charge in [0.2, 0.25) is 12.7 Å². The molecule has 2 aromatic carbocycles. The van der Waals surface area contributed by atoms with Gasteiger partial charge in [0.15, 0.2) is 11.5 Å². The van der Waals surface area contributed by atoms with Crippen LogP contribution in [0.4, 0.5) is 5.69 Å². The van der Waals surface area contributed by atoms with Crippen LogP contribution in [-0.2, 0) is 14.9 Å². The molecule has 1 fully saturated rings. The van der Waals surface area contributed by atoms with Crippen molar-refractivity contribution in [2.24, 2.45) is 0 Å². The fourth-order valence-corrected chi connectivity index (χ4v) is 5.06. The third-order valence-corrected chi connectivity index (χ3v) is 6.42. The molecule has 6 nitrogen and oxygen atoms in total. The van der Waals surface area contributed by atoms with Crippen molar-refractivity contribution < 1.29 is 23.7 Å². The quantitative estimate of drug-likeness (QED) is 0.775. The van der Waals surface area contributed by atoms with E-state index in [-0.39, 0.29) is 25.4 Å². The highest BCUT2D eigenvalue weighted by molar-refractivity contribution is 6.35. The third kappa shape index (κ3) is 2.05. The van der Waals surface area contributed by atoms with Crippen LogP contribution in [0.2, 0.25) is 5.02 Å². The summed E-state index contributed by atoms with van der Waals surface area (Å²) in [5.41, 5.74) is 1.52. The van der Waals surface area contributed by atoms with Gasteiger partial charge in [-0.15, -0.1) is 0 Å². The molecule has 2 atom stereocenters. The van der Waals surface area contributed by atoms with E-state index < -0.39 is 5.41 Å². The number of hydrogen-bond acceptors (Lipinski definition) is 5. The van der Waals surface area contributed by atoms with Crippen LogP contribution in [0.3, 0.4) is 0 Å². The fraction of sp³-hybridized carbons (Fsp3) is 0.381. The lowest BCUT2D eigenvalue weighted by Crippen LogP contribution is -2.45. The van der Waals surface area contributed by atoms with E-state index >= 15 is 0 Å². The minimum Gasteiger partial charge on any atom is -0.491 e. The summed E-state index contributed by atoms with van der Waals surface area (Å²) in [5.74, 6) is 1.91. The Balaban J connectivity index is 1.52. The van der Waals surface area contributed by atoms with E-state index in [1.54, 1.807) is 4.90 Å². The molecule has 0 aliphatic carbocycles. The summed E-state index contributed by atoms with van der Waals surface area (Å²) in [6.07, 6.45) is 1.99. The largest absolute Gasteiger partial charge is 0.491 e. The van der Waals surface area contributed by atoms with Gasteiger partial charge >= 0.3 is 0 Å². The minimum absolute atomic E-state index is 0.0243. The van der Waals surface area contributed by atoms with Crippen LogP contribution < -0.4 is 19.1 Å². The molecule has 0 N–H and O–H groups in total. The first-order valence-corrected chi connectivity index (χ1v) is 9.86. The molecule has 0 bridgehead atoms. The average molecular weight is 400 g/mol. The van der Waals surface area contributed by atoms with Gasteiger partial charge in [0, 0.05) is 23.8 Å². The number of para-hydroxylation sites is 1. The number of nitrogens with zero attached hydrogens (tertiary/aromatic N) is 1. The Labute approximate surface area is 166 Å². The molecular formula is C21H18ClNO5. The minimum atomic E-state index is -0.921. The number of ether oxygens (including phenoxy) is 4. The Morgan fingerprint density at radius 1 is 1.11 bits per heavy atom.